The van der Waals surface area contributed by atoms with Gasteiger partial charge in [-0.1, -0.05) is 72.8 Å². The molecule has 5 nitrogen and oxygen atoms in total. The Hall–Kier alpha value is -3.44. The molecule has 1 heterocycles. The van der Waals surface area contributed by atoms with Crippen LogP contribution in [0.2, 0.25) is 0 Å². The zero-order valence-corrected chi connectivity index (χ0v) is 18.2. The quantitative estimate of drug-likeness (QED) is 0.592. The minimum absolute atomic E-state index is 0.0138. The highest BCUT2D eigenvalue weighted by Crippen LogP contribution is 2.30. The van der Waals surface area contributed by atoms with Crippen LogP contribution in [0, 0.1) is 0 Å². The molecule has 32 heavy (non-hydrogen) atoms. The summed E-state index contributed by atoms with van der Waals surface area (Å²) in [5, 5.41) is 6.05. The van der Waals surface area contributed by atoms with Crippen LogP contribution in [0.15, 0.2) is 84.9 Å². The van der Waals surface area contributed by atoms with Gasteiger partial charge in [-0.2, -0.15) is 0 Å². The second-order valence-corrected chi connectivity index (χ2v) is 8.15. The van der Waals surface area contributed by atoms with Crippen LogP contribution in [0.5, 0.6) is 0 Å². The van der Waals surface area contributed by atoms with E-state index in [0.29, 0.717) is 6.61 Å². The van der Waals surface area contributed by atoms with Gasteiger partial charge in [0.25, 0.3) is 0 Å². The first kappa shape index (κ1) is 21.8. The Balaban J connectivity index is 1.47. The monoisotopic (exact) mass is 428 g/mol. The summed E-state index contributed by atoms with van der Waals surface area (Å²) >= 11 is 0. The van der Waals surface area contributed by atoms with Gasteiger partial charge in [0, 0.05) is 25.3 Å². The number of carbonyl (C=O) groups is 2. The molecule has 0 spiro atoms. The van der Waals surface area contributed by atoms with Crippen LogP contribution in [0.4, 0.5) is 5.69 Å². The van der Waals surface area contributed by atoms with Crippen LogP contribution in [-0.2, 0) is 14.3 Å². The summed E-state index contributed by atoms with van der Waals surface area (Å²) < 4.78 is 5.91. The van der Waals surface area contributed by atoms with Gasteiger partial charge in [-0.25, -0.2) is 0 Å². The normalized spacial score (nSPS) is 18.2. The molecule has 3 aromatic carbocycles. The lowest BCUT2D eigenvalue weighted by Crippen LogP contribution is -2.38. The van der Waals surface area contributed by atoms with E-state index in [9.17, 15) is 9.59 Å². The van der Waals surface area contributed by atoms with Gasteiger partial charge < -0.3 is 15.4 Å². The highest BCUT2D eigenvalue weighted by Gasteiger charge is 2.25. The maximum absolute atomic E-state index is 13.3. The summed E-state index contributed by atoms with van der Waals surface area (Å²) in [6.07, 6.45) is 1.51. The third kappa shape index (κ3) is 5.42. The van der Waals surface area contributed by atoms with Crippen LogP contribution in [-0.4, -0.2) is 24.5 Å². The molecule has 1 fully saturated rings. The zero-order valence-electron chi connectivity index (χ0n) is 18.2. The number of hydrogen-bond acceptors (Lipinski definition) is 3. The molecule has 4 rings (SSSR count). The standard InChI is InChI=1S/C27H28N2O3/c1-19(30)28-24-16-17-32-25(18-24)20-12-14-23(15-13-20)29-27(31)26(21-8-4-2-5-9-21)22-10-6-3-7-11-22/h2-15,24-26H,16-18H2,1H3,(H,28,30)(H,29,31)/t24-,25+/m1/s1. The van der Waals surface area contributed by atoms with Crippen LogP contribution < -0.4 is 10.6 Å². The van der Waals surface area contributed by atoms with Gasteiger partial charge in [-0.05, 0) is 41.7 Å². The molecule has 1 aliphatic heterocycles. The van der Waals surface area contributed by atoms with E-state index in [4.69, 9.17) is 4.74 Å². The number of nitrogens with one attached hydrogen (secondary N) is 2. The molecule has 1 saturated heterocycles. The van der Waals surface area contributed by atoms with Crippen molar-refractivity contribution in [3.63, 3.8) is 0 Å². The van der Waals surface area contributed by atoms with Gasteiger partial charge in [0.15, 0.2) is 0 Å². The predicted molar refractivity (Wildman–Crippen MR) is 125 cm³/mol. The van der Waals surface area contributed by atoms with Crippen LogP contribution in [0.25, 0.3) is 0 Å². The van der Waals surface area contributed by atoms with Crippen LogP contribution in [0.1, 0.15) is 48.5 Å². The lowest BCUT2D eigenvalue weighted by atomic mass is 9.90. The van der Waals surface area contributed by atoms with Gasteiger partial charge >= 0.3 is 0 Å². The smallest absolute Gasteiger partial charge is 0.236 e. The van der Waals surface area contributed by atoms with E-state index in [1.165, 1.54) is 0 Å². The fourth-order valence-electron chi connectivity index (χ4n) is 4.23. The Kier molecular flexibility index (Phi) is 6.97. The Labute approximate surface area is 188 Å². The second kappa shape index (κ2) is 10.2. The molecule has 0 unspecified atom stereocenters. The van der Waals surface area contributed by atoms with E-state index in [1.807, 2.05) is 84.9 Å². The number of anilines is 1. The van der Waals surface area contributed by atoms with Crippen molar-refractivity contribution in [3.05, 3.63) is 102 Å². The largest absolute Gasteiger partial charge is 0.373 e. The third-order valence-electron chi connectivity index (χ3n) is 5.77. The number of hydrogen-bond donors (Lipinski definition) is 2. The van der Waals surface area contributed by atoms with Crippen molar-refractivity contribution < 1.29 is 14.3 Å². The van der Waals surface area contributed by atoms with E-state index in [2.05, 4.69) is 10.6 Å². The molecule has 0 saturated carbocycles. The van der Waals surface area contributed by atoms with Crippen molar-refractivity contribution in [1.29, 1.82) is 0 Å². The predicted octanol–water partition coefficient (Wildman–Crippen LogP) is 4.81. The van der Waals surface area contributed by atoms with Crippen molar-refractivity contribution in [3.8, 4) is 0 Å². The molecule has 0 aliphatic carbocycles. The number of ether oxygens (including phenoxy) is 1. The molecular weight excluding hydrogens is 400 g/mol. The van der Waals surface area contributed by atoms with Gasteiger partial charge in [0.05, 0.1) is 12.0 Å². The minimum Gasteiger partial charge on any atom is -0.373 e. The fraction of sp³-hybridized carbons (Fsp3) is 0.259. The van der Waals surface area contributed by atoms with E-state index >= 15 is 0 Å². The zero-order chi connectivity index (χ0) is 22.3. The van der Waals surface area contributed by atoms with Crippen molar-refractivity contribution in [2.24, 2.45) is 0 Å². The molecule has 2 amide bonds. The third-order valence-corrected chi connectivity index (χ3v) is 5.77. The van der Waals surface area contributed by atoms with Gasteiger partial charge in [0.2, 0.25) is 11.8 Å². The average Bonchev–Trinajstić information content (AvgIpc) is 2.81. The molecular formula is C27H28N2O3. The van der Waals surface area contributed by atoms with E-state index in [0.717, 1.165) is 35.2 Å². The lowest BCUT2D eigenvalue weighted by Gasteiger charge is -2.30. The highest BCUT2D eigenvalue weighted by atomic mass is 16.5. The van der Waals surface area contributed by atoms with E-state index in [-0.39, 0.29) is 24.0 Å². The molecule has 0 aromatic heterocycles. The molecule has 3 aromatic rings. The van der Waals surface area contributed by atoms with Gasteiger partial charge in [-0.15, -0.1) is 0 Å². The average molecular weight is 429 g/mol. The first-order valence-electron chi connectivity index (χ1n) is 11.0. The Morgan fingerprint density at radius 1 is 0.875 bits per heavy atom. The van der Waals surface area contributed by atoms with E-state index in [1.54, 1.807) is 6.92 Å². The maximum atomic E-state index is 13.3. The molecule has 2 atom stereocenters. The molecule has 2 N–H and O–H groups in total. The molecule has 0 bridgehead atoms. The Morgan fingerprint density at radius 3 is 2.03 bits per heavy atom. The van der Waals surface area contributed by atoms with Crippen LogP contribution in [0.3, 0.4) is 0 Å². The van der Waals surface area contributed by atoms with Crippen LogP contribution >= 0.6 is 0 Å². The summed E-state index contributed by atoms with van der Waals surface area (Å²) in [5.41, 5.74) is 3.69. The summed E-state index contributed by atoms with van der Waals surface area (Å²) in [5.74, 6) is -0.480. The Morgan fingerprint density at radius 2 is 1.47 bits per heavy atom. The first-order chi connectivity index (χ1) is 15.6. The van der Waals surface area contributed by atoms with Gasteiger partial charge in [-0.3, -0.25) is 9.59 Å². The lowest BCUT2D eigenvalue weighted by molar-refractivity contribution is -0.120. The summed E-state index contributed by atoms with van der Waals surface area (Å²) in [6, 6.07) is 27.5. The number of amides is 2. The fourth-order valence-corrected chi connectivity index (χ4v) is 4.23. The van der Waals surface area contributed by atoms with E-state index < -0.39 is 5.92 Å². The number of carbonyl (C=O) groups excluding carboxylic acids is 2. The summed E-state index contributed by atoms with van der Waals surface area (Å²) in [4.78, 5) is 24.6. The topological polar surface area (TPSA) is 67.4 Å². The summed E-state index contributed by atoms with van der Waals surface area (Å²) in [7, 11) is 0. The first-order valence-corrected chi connectivity index (χ1v) is 11.0. The van der Waals surface area contributed by atoms with Crippen molar-refractivity contribution >= 4 is 17.5 Å². The summed E-state index contributed by atoms with van der Waals surface area (Å²) in [6.45, 7) is 2.16. The molecule has 1 aliphatic rings. The molecule has 5 heteroatoms. The van der Waals surface area contributed by atoms with Crippen molar-refractivity contribution in [2.75, 3.05) is 11.9 Å². The van der Waals surface area contributed by atoms with Crippen molar-refractivity contribution in [2.45, 2.75) is 37.8 Å². The molecule has 164 valence electrons. The number of rotatable bonds is 6. The maximum Gasteiger partial charge on any atom is 0.236 e. The van der Waals surface area contributed by atoms with Gasteiger partial charge in [0.1, 0.15) is 0 Å². The highest BCUT2D eigenvalue weighted by molar-refractivity contribution is 5.98. The second-order valence-electron chi connectivity index (χ2n) is 8.15. The van der Waals surface area contributed by atoms with Crippen molar-refractivity contribution in [1.82, 2.24) is 5.32 Å². The molecule has 0 radical (unpaired) electrons. The number of benzene rings is 3. The SMILES string of the molecule is CC(=O)N[C@@H]1CCO[C@H](c2ccc(NC(=O)C(c3ccccc3)c3ccccc3)cc2)C1. The Bertz CT molecular complexity index is 996. The minimum atomic E-state index is -0.392.